The predicted octanol–water partition coefficient (Wildman–Crippen LogP) is 3.17. The van der Waals surface area contributed by atoms with Crippen molar-refractivity contribution in [3.8, 4) is 0 Å². The van der Waals surface area contributed by atoms with E-state index in [1.807, 2.05) is 0 Å². The summed E-state index contributed by atoms with van der Waals surface area (Å²) in [6.45, 7) is 0. The van der Waals surface area contributed by atoms with Crippen LogP contribution in [0, 0.1) is 0 Å². The molecule has 1 aromatic heterocycles. The van der Waals surface area contributed by atoms with Crippen LogP contribution >= 0.6 is 0 Å². The van der Waals surface area contributed by atoms with Crippen molar-refractivity contribution in [1.29, 1.82) is 0 Å². The molecular formula is C23H16O7. The van der Waals surface area contributed by atoms with Gasteiger partial charge in [0.25, 0.3) is 0 Å². The first-order valence-corrected chi connectivity index (χ1v) is 9.12. The summed E-state index contributed by atoms with van der Waals surface area (Å²) in [5.74, 6) is -4.18. The largest absolute Gasteiger partial charge is 0.507 e. The van der Waals surface area contributed by atoms with Crippen LogP contribution in [0.2, 0.25) is 0 Å². The topological polar surface area (TPSA) is 111 Å². The van der Waals surface area contributed by atoms with E-state index in [-0.39, 0.29) is 27.6 Å². The van der Waals surface area contributed by atoms with Crippen LogP contribution in [0.15, 0.2) is 69.6 Å². The minimum absolute atomic E-state index is 0.0267. The lowest BCUT2D eigenvalue weighted by Gasteiger charge is -2.23. The molecule has 1 aliphatic carbocycles. The zero-order valence-corrected chi connectivity index (χ0v) is 15.9. The van der Waals surface area contributed by atoms with E-state index < -0.39 is 41.1 Å². The number of carbonyl (C=O) groups is 3. The number of benzene rings is 2. The van der Waals surface area contributed by atoms with Gasteiger partial charge in [0.05, 0.1) is 30.8 Å². The molecule has 0 spiro atoms. The maximum atomic E-state index is 13.1. The van der Waals surface area contributed by atoms with E-state index in [0.717, 1.165) is 6.26 Å². The Hall–Kier alpha value is -4.00. The van der Waals surface area contributed by atoms with E-state index in [0.29, 0.717) is 5.58 Å². The number of ketones is 2. The molecule has 0 bridgehead atoms. The van der Waals surface area contributed by atoms with Crippen LogP contribution in [0.3, 0.4) is 0 Å². The lowest BCUT2D eigenvalue weighted by atomic mass is 9.78. The number of esters is 1. The Morgan fingerprint density at radius 1 is 1.00 bits per heavy atom. The average molecular weight is 404 g/mol. The van der Waals surface area contributed by atoms with Gasteiger partial charge in [-0.1, -0.05) is 36.4 Å². The standard InChI is InChI=1S/C23H16O7/c1-29-18(24)10-15(16-11-30-17-9-5-4-8-14(17)20(16)25)19-21(26)12-6-2-3-7-13(12)22(27)23(19)28/h2-9,11,15,26H,10H2,1H3/t15-/m1/s1. The van der Waals surface area contributed by atoms with Gasteiger partial charge in [-0.05, 0) is 12.1 Å². The van der Waals surface area contributed by atoms with Crippen molar-refractivity contribution in [2.24, 2.45) is 0 Å². The third kappa shape index (κ3) is 3.00. The molecular weight excluding hydrogens is 388 g/mol. The van der Waals surface area contributed by atoms with E-state index in [1.165, 1.54) is 19.2 Å². The Morgan fingerprint density at radius 3 is 2.40 bits per heavy atom. The summed E-state index contributed by atoms with van der Waals surface area (Å²) in [6, 6.07) is 12.6. The Bertz CT molecular complexity index is 1300. The summed E-state index contributed by atoms with van der Waals surface area (Å²) < 4.78 is 10.2. The van der Waals surface area contributed by atoms with Crippen molar-refractivity contribution in [3.05, 3.63) is 87.3 Å². The molecule has 3 aromatic rings. The molecule has 0 amide bonds. The molecule has 2 aromatic carbocycles. The Labute approximate surface area is 170 Å². The number of aliphatic hydroxyl groups is 1. The molecule has 0 fully saturated rings. The summed E-state index contributed by atoms with van der Waals surface area (Å²) >= 11 is 0. The smallest absolute Gasteiger partial charge is 0.306 e. The van der Waals surface area contributed by atoms with Gasteiger partial charge in [0.2, 0.25) is 11.6 Å². The van der Waals surface area contributed by atoms with Gasteiger partial charge >= 0.3 is 5.97 Å². The third-order valence-electron chi connectivity index (χ3n) is 5.16. The van der Waals surface area contributed by atoms with Crippen LogP contribution < -0.4 is 5.43 Å². The van der Waals surface area contributed by atoms with Gasteiger partial charge in [-0.2, -0.15) is 0 Å². The number of hydrogen-bond donors (Lipinski definition) is 1. The molecule has 1 N–H and O–H groups in total. The van der Waals surface area contributed by atoms with Crippen LogP contribution in [0.1, 0.15) is 33.8 Å². The van der Waals surface area contributed by atoms with Crippen molar-refractivity contribution in [3.63, 3.8) is 0 Å². The second-order valence-corrected chi connectivity index (χ2v) is 6.82. The van der Waals surface area contributed by atoms with Crippen LogP contribution in [0.5, 0.6) is 0 Å². The van der Waals surface area contributed by atoms with Crippen molar-refractivity contribution < 1.29 is 28.6 Å². The summed E-state index contributed by atoms with van der Waals surface area (Å²) in [7, 11) is 1.17. The summed E-state index contributed by atoms with van der Waals surface area (Å²) in [6.07, 6.45) is 0.719. The highest BCUT2D eigenvalue weighted by Crippen LogP contribution is 2.37. The number of rotatable bonds is 4. The molecule has 150 valence electrons. The fourth-order valence-electron chi connectivity index (χ4n) is 3.66. The molecule has 1 aliphatic rings. The molecule has 0 radical (unpaired) electrons. The molecule has 0 aliphatic heterocycles. The summed E-state index contributed by atoms with van der Waals surface area (Å²) in [5, 5.41) is 11.1. The number of carbonyl (C=O) groups excluding carboxylic acids is 3. The number of para-hydroxylation sites is 1. The van der Waals surface area contributed by atoms with E-state index in [4.69, 9.17) is 9.15 Å². The molecule has 30 heavy (non-hydrogen) atoms. The first-order chi connectivity index (χ1) is 14.4. The molecule has 0 saturated carbocycles. The average Bonchev–Trinajstić information content (AvgIpc) is 2.77. The molecule has 7 heteroatoms. The first kappa shape index (κ1) is 19.3. The highest BCUT2D eigenvalue weighted by Gasteiger charge is 2.39. The molecule has 1 heterocycles. The van der Waals surface area contributed by atoms with Gasteiger partial charge in [-0.3, -0.25) is 19.2 Å². The maximum Gasteiger partial charge on any atom is 0.306 e. The SMILES string of the molecule is COC(=O)C[C@@H](C1=C(O)c2ccccc2C(=O)C1=O)c1coc2ccccc2c1=O. The minimum Gasteiger partial charge on any atom is -0.507 e. The number of Topliss-reactive ketones (excluding diaryl/α,β-unsaturated/α-hetero) is 2. The summed E-state index contributed by atoms with van der Waals surface area (Å²) in [5.41, 5.74) is -0.265. The quantitative estimate of drug-likeness (QED) is 0.525. The van der Waals surface area contributed by atoms with Crippen LogP contribution in [0.4, 0.5) is 0 Å². The maximum absolute atomic E-state index is 13.1. The number of hydrogen-bond acceptors (Lipinski definition) is 7. The number of ether oxygens (including phenoxy) is 1. The van der Waals surface area contributed by atoms with E-state index in [2.05, 4.69) is 0 Å². The fraction of sp³-hybridized carbons (Fsp3) is 0.130. The molecule has 1 atom stereocenters. The van der Waals surface area contributed by atoms with Gasteiger partial charge in [-0.25, -0.2) is 0 Å². The van der Waals surface area contributed by atoms with Crippen LogP contribution in [-0.4, -0.2) is 29.8 Å². The Kier molecular flexibility index (Phi) is 4.79. The van der Waals surface area contributed by atoms with Crippen molar-refractivity contribution in [2.45, 2.75) is 12.3 Å². The summed E-state index contributed by atoms with van der Waals surface area (Å²) in [4.78, 5) is 50.8. The zero-order chi connectivity index (χ0) is 21.4. The lowest BCUT2D eigenvalue weighted by Crippen LogP contribution is -2.30. The highest BCUT2D eigenvalue weighted by atomic mass is 16.5. The molecule has 7 nitrogen and oxygen atoms in total. The predicted molar refractivity (Wildman–Crippen MR) is 107 cm³/mol. The van der Waals surface area contributed by atoms with E-state index in [1.54, 1.807) is 36.4 Å². The second kappa shape index (κ2) is 7.44. The minimum atomic E-state index is -1.22. The van der Waals surface area contributed by atoms with Crippen LogP contribution in [-0.2, 0) is 14.3 Å². The zero-order valence-electron chi connectivity index (χ0n) is 15.9. The number of methoxy groups -OCH3 is 1. The second-order valence-electron chi connectivity index (χ2n) is 6.82. The van der Waals surface area contributed by atoms with Crippen molar-refractivity contribution in [2.75, 3.05) is 7.11 Å². The molecule has 4 rings (SSSR count). The highest BCUT2D eigenvalue weighted by molar-refractivity contribution is 6.52. The van der Waals surface area contributed by atoms with Gasteiger partial charge < -0.3 is 14.3 Å². The van der Waals surface area contributed by atoms with E-state index in [9.17, 15) is 24.3 Å². The normalized spacial score (nSPS) is 14.6. The van der Waals surface area contributed by atoms with Crippen LogP contribution in [0.25, 0.3) is 16.7 Å². The third-order valence-corrected chi connectivity index (χ3v) is 5.16. The monoisotopic (exact) mass is 404 g/mol. The molecule has 0 saturated heterocycles. The lowest BCUT2D eigenvalue weighted by molar-refractivity contribution is -0.140. The Morgan fingerprint density at radius 2 is 1.67 bits per heavy atom. The Balaban J connectivity index is 1.98. The van der Waals surface area contributed by atoms with Gasteiger partial charge in [-0.15, -0.1) is 0 Å². The number of aliphatic hydroxyl groups excluding tert-OH is 1. The van der Waals surface area contributed by atoms with Gasteiger partial charge in [0.1, 0.15) is 11.3 Å². The fourth-order valence-corrected chi connectivity index (χ4v) is 3.66. The molecule has 0 unspecified atom stereocenters. The van der Waals surface area contributed by atoms with Crippen molar-refractivity contribution >= 4 is 34.3 Å². The van der Waals surface area contributed by atoms with E-state index >= 15 is 0 Å². The van der Waals surface area contributed by atoms with Crippen molar-refractivity contribution in [1.82, 2.24) is 0 Å². The number of fused-ring (bicyclic) bond motifs is 2. The first-order valence-electron chi connectivity index (χ1n) is 9.12. The van der Waals surface area contributed by atoms with Gasteiger partial charge in [0.15, 0.2) is 5.43 Å². The van der Waals surface area contributed by atoms with Gasteiger partial charge in [0, 0.05) is 22.6 Å². The number of allylic oxidation sites excluding steroid dienone is 1.